The third-order valence-corrected chi connectivity index (χ3v) is 5.61. The van der Waals surface area contributed by atoms with Crippen molar-refractivity contribution in [2.45, 2.75) is 26.0 Å². The number of benzene rings is 2. The third kappa shape index (κ3) is 6.43. The topological polar surface area (TPSA) is 91.9 Å². The molecule has 0 unspecified atom stereocenters. The first-order valence-electron chi connectivity index (χ1n) is 10.9. The molecule has 3 N–H and O–H groups in total. The number of fused-ring (bicyclic) bond motifs is 1. The van der Waals surface area contributed by atoms with Crippen LogP contribution in [0.5, 0.6) is 5.75 Å². The second kappa shape index (κ2) is 11.1. The van der Waals surface area contributed by atoms with Crippen LogP contribution in [0.25, 0.3) is 0 Å². The largest absolute Gasteiger partial charge is 0.491 e. The fourth-order valence-corrected chi connectivity index (χ4v) is 3.58. The van der Waals surface area contributed by atoms with E-state index in [0.717, 1.165) is 6.54 Å². The van der Waals surface area contributed by atoms with Crippen LogP contribution in [0.15, 0.2) is 42.5 Å². The van der Waals surface area contributed by atoms with E-state index < -0.39 is 11.8 Å². The molecule has 8 nitrogen and oxygen atoms in total. The molecule has 2 aromatic carbocycles. The van der Waals surface area contributed by atoms with Gasteiger partial charge in [0, 0.05) is 45.0 Å². The summed E-state index contributed by atoms with van der Waals surface area (Å²) in [6.45, 7) is 5.56. The molecular formula is C24H31FN4O4. The Hall–Kier alpha value is -3.17. The normalized spacial score (nSPS) is 21.8. The van der Waals surface area contributed by atoms with Crippen LogP contribution in [0.1, 0.15) is 24.2 Å². The maximum Gasteiger partial charge on any atom is 0.323 e. The Morgan fingerprint density at radius 3 is 2.70 bits per heavy atom. The molecule has 1 heterocycles. The number of halogens is 1. The molecule has 3 atom stereocenters. The number of likely N-dealkylation sites (N-methyl/N-ethyl adjacent to an activating group) is 1. The minimum atomic E-state index is -0.608. The predicted molar refractivity (Wildman–Crippen MR) is 125 cm³/mol. The third-order valence-electron chi connectivity index (χ3n) is 5.61. The van der Waals surface area contributed by atoms with Crippen molar-refractivity contribution in [1.29, 1.82) is 0 Å². The Morgan fingerprint density at radius 1 is 1.21 bits per heavy atom. The van der Waals surface area contributed by atoms with Crippen molar-refractivity contribution in [3.63, 3.8) is 0 Å². The van der Waals surface area contributed by atoms with Crippen LogP contribution in [0.3, 0.4) is 0 Å². The summed E-state index contributed by atoms with van der Waals surface area (Å²) >= 11 is 0. The predicted octanol–water partition coefficient (Wildman–Crippen LogP) is 3.56. The summed E-state index contributed by atoms with van der Waals surface area (Å²) < 4.78 is 25.4. The lowest BCUT2D eigenvalue weighted by atomic mass is 10.0. The van der Waals surface area contributed by atoms with Gasteiger partial charge < -0.3 is 30.3 Å². The van der Waals surface area contributed by atoms with Gasteiger partial charge in [-0.1, -0.05) is 19.1 Å². The van der Waals surface area contributed by atoms with Gasteiger partial charge in [-0.3, -0.25) is 4.79 Å². The molecular weight excluding hydrogens is 427 g/mol. The van der Waals surface area contributed by atoms with E-state index in [2.05, 4.69) is 22.9 Å². The van der Waals surface area contributed by atoms with Crippen LogP contribution >= 0.6 is 0 Å². The Bertz CT molecular complexity index is 987. The molecule has 0 spiro atoms. The van der Waals surface area contributed by atoms with Gasteiger partial charge >= 0.3 is 6.03 Å². The van der Waals surface area contributed by atoms with Gasteiger partial charge in [0.25, 0.3) is 5.91 Å². The Labute approximate surface area is 193 Å². The molecule has 1 aliphatic rings. The molecule has 0 fully saturated rings. The summed E-state index contributed by atoms with van der Waals surface area (Å²) in [4.78, 5) is 27.1. The van der Waals surface area contributed by atoms with Crippen LogP contribution in [0.4, 0.5) is 20.6 Å². The number of methoxy groups -OCH3 is 1. The fraction of sp³-hybridized carbons (Fsp3) is 0.417. The van der Waals surface area contributed by atoms with Gasteiger partial charge in [0.05, 0.1) is 17.4 Å². The van der Waals surface area contributed by atoms with Crippen LogP contribution in [0, 0.1) is 11.7 Å². The molecule has 0 saturated carbocycles. The highest BCUT2D eigenvalue weighted by Crippen LogP contribution is 2.26. The van der Waals surface area contributed by atoms with Crippen LogP contribution < -0.4 is 20.7 Å². The number of amides is 3. The Morgan fingerprint density at radius 2 is 1.97 bits per heavy atom. The first-order valence-corrected chi connectivity index (χ1v) is 10.9. The summed E-state index contributed by atoms with van der Waals surface area (Å²) in [5.41, 5.74) is 0.859. The van der Waals surface area contributed by atoms with E-state index in [-0.39, 0.29) is 29.7 Å². The molecule has 0 aromatic heterocycles. The minimum Gasteiger partial charge on any atom is -0.491 e. The molecule has 0 aliphatic carbocycles. The van der Waals surface area contributed by atoms with Crippen LogP contribution in [0.2, 0.25) is 0 Å². The molecule has 2 aromatic rings. The minimum absolute atomic E-state index is 0.0334. The van der Waals surface area contributed by atoms with Gasteiger partial charge in [-0.25, -0.2) is 9.18 Å². The number of carbonyl (C=O) groups excluding carboxylic acids is 2. The zero-order valence-corrected chi connectivity index (χ0v) is 19.4. The number of carbonyl (C=O) groups is 2. The monoisotopic (exact) mass is 458 g/mol. The lowest BCUT2D eigenvalue weighted by Gasteiger charge is -2.30. The fourth-order valence-electron chi connectivity index (χ4n) is 3.58. The molecule has 0 saturated heterocycles. The zero-order valence-electron chi connectivity index (χ0n) is 19.4. The van der Waals surface area contributed by atoms with Crippen molar-refractivity contribution in [2.24, 2.45) is 5.92 Å². The van der Waals surface area contributed by atoms with Crippen LogP contribution in [-0.4, -0.2) is 62.8 Å². The SMILES string of the molecule is CO[C@H]1CN(C)C(=O)c2ccc(NC(=O)Nc3ccccc3F)cc2OC[C@H](C)NC[C@@H]1C. The van der Waals surface area contributed by atoms with Crippen molar-refractivity contribution in [2.75, 3.05) is 44.5 Å². The quantitative estimate of drug-likeness (QED) is 0.654. The number of ether oxygens (including phenoxy) is 2. The summed E-state index contributed by atoms with van der Waals surface area (Å²) in [7, 11) is 3.37. The highest BCUT2D eigenvalue weighted by atomic mass is 19.1. The van der Waals surface area contributed by atoms with Crippen molar-refractivity contribution >= 4 is 23.3 Å². The summed E-state index contributed by atoms with van der Waals surface area (Å²) in [5.74, 6) is -0.187. The van der Waals surface area contributed by atoms with Crippen LogP contribution in [-0.2, 0) is 4.74 Å². The zero-order chi connectivity index (χ0) is 24.0. The first-order chi connectivity index (χ1) is 15.8. The number of urea groups is 1. The maximum atomic E-state index is 13.8. The van der Waals surface area contributed by atoms with Gasteiger partial charge in [-0.05, 0) is 37.1 Å². The maximum absolute atomic E-state index is 13.8. The smallest absolute Gasteiger partial charge is 0.323 e. The van der Waals surface area contributed by atoms with Crippen molar-refractivity contribution in [3.8, 4) is 5.75 Å². The highest BCUT2D eigenvalue weighted by Gasteiger charge is 2.25. The summed E-state index contributed by atoms with van der Waals surface area (Å²) in [6, 6.07) is 10.1. The summed E-state index contributed by atoms with van der Waals surface area (Å²) in [5, 5.41) is 8.55. The van der Waals surface area contributed by atoms with Crippen molar-refractivity contribution < 1.29 is 23.5 Å². The number of nitrogens with one attached hydrogen (secondary N) is 3. The molecule has 9 heteroatoms. The van der Waals surface area contributed by atoms with E-state index >= 15 is 0 Å². The molecule has 0 bridgehead atoms. The second-order valence-electron chi connectivity index (χ2n) is 8.33. The molecule has 1 aliphatic heterocycles. The molecule has 3 amide bonds. The van der Waals surface area contributed by atoms with E-state index in [0.29, 0.717) is 30.2 Å². The van der Waals surface area contributed by atoms with E-state index in [1.54, 1.807) is 49.4 Å². The number of nitrogens with zero attached hydrogens (tertiary/aromatic N) is 1. The standard InChI is InChI=1S/C24H31FN4O4/c1-15-12-26-16(2)14-33-21-11-17(27-24(31)28-20-8-6-5-7-19(20)25)9-10-18(21)23(30)29(3)13-22(15)32-4/h5-11,15-16,22,26H,12-14H2,1-4H3,(H2,27,28,31)/t15-,16-,22-/m0/s1. The summed E-state index contributed by atoms with van der Waals surface area (Å²) in [6.07, 6.45) is -0.120. The number of para-hydroxylation sites is 1. The Balaban J connectivity index is 1.81. The number of hydrogen-bond acceptors (Lipinski definition) is 5. The molecule has 178 valence electrons. The lowest BCUT2D eigenvalue weighted by molar-refractivity contribution is 0.0281. The Kier molecular flexibility index (Phi) is 8.24. The molecule has 0 radical (unpaired) electrons. The average Bonchev–Trinajstić information content (AvgIpc) is 2.80. The van der Waals surface area contributed by atoms with E-state index in [9.17, 15) is 14.0 Å². The van der Waals surface area contributed by atoms with E-state index in [4.69, 9.17) is 9.47 Å². The lowest BCUT2D eigenvalue weighted by Crippen LogP contribution is -2.44. The van der Waals surface area contributed by atoms with Gasteiger partial charge in [0.15, 0.2) is 0 Å². The first kappa shape index (κ1) is 24.5. The van der Waals surface area contributed by atoms with Gasteiger partial charge in [0.1, 0.15) is 18.2 Å². The van der Waals surface area contributed by atoms with Crippen molar-refractivity contribution in [1.82, 2.24) is 10.2 Å². The van der Waals surface area contributed by atoms with Gasteiger partial charge in [0.2, 0.25) is 0 Å². The van der Waals surface area contributed by atoms with Gasteiger partial charge in [-0.15, -0.1) is 0 Å². The highest BCUT2D eigenvalue weighted by molar-refractivity contribution is 6.01. The molecule has 33 heavy (non-hydrogen) atoms. The van der Waals surface area contributed by atoms with Crippen molar-refractivity contribution in [3.05, 3.63) is 53.8 Å². The average molecular weight is 459 g/mol. The second-order valence-corrected chi connectivity index (χ2v) is 8.33. The molecule has 3 rings (SSSR count). The van der Waals surface area contributed by atoms with Gasteiger partial charge in [-0.2, -0.15) is 0 Å². The number of hydrogen-bond donors (Lipinski definition) is 3. The number of anilines is 2. The van der Waals surface area contributed by atoms with E-state index in [1.165, 1.54) is 12.1 Å². The van der Waals surface area contributed by atoms with E-state index in [1.807, 2.05) is 6.92 Å². The number of rotatable bonds is 3.